The Kier molecular flexibility index (Phi) is 6.99. The van der Waals surface area contributed by atoms with Gasteiger partial charge in [-0.05, 0) is 49.8 Å². The first-order chi connectivity index (χ1) is 16.9. The first-order valence-electron chi connectivity index (χ1n) is 12.9. The number of piperidine rings is 2. The van der Waals surface area contributed by atoms with Crippen LogP contribution in [0.25, 0.3) is 0 Å². The lowest BCUT2D eigenvalue weighted by Gasteiger charge is -2.48. The number of halogens is 1. The van der Waals surface area contributed by atoms with Crippen molar-refractivity contribution in [2.45, 2.75) is 38.3 Å². The molecule has 2 amide bonds. The number of nitrogens with zero attached hydrogens (tertiary/aromatic N) is 3. The van der Waals surface area contributed by atoms with Gasteiger partial charge in [-0.2, -0.15) is 0 Å². The molecule has 1 N–H and O–H groups in total. The number of hydrogen-bond donors (Lipinski definition) is 1. The standard InChI is InChI=1S/C28H36ClN4O2/c1-31(2)18-20-11-15-33(16-12-20,24-9-13-30-14-10-24)28(35)21-5-3-7-23(17-21)32-19-22-6-4-8-25(29)26(22)27(32)34/h3-8,17,20,24,30H,9-16,18-19H2,1-2H3/q+1. The van der Waals surface area contributed by atoms with Gasteiger partial charge >= 0.3 is 5.91 Å². The number of likely N-dealkylation sites (tertiary alicyclic amines) is 1. The van der Waals surface area contributed by atoms with Crippen LogP contribution in [0.2, 0.25) is 5.02 Å². The molecule has 0 saturated carbocycles. The summed E-state index contributed by atoms with van der Waals surface area (Å²) in [5, 5.41) is 3.95. The summed E-state index contributed by atoms with van der Waals surface area (Å²) >= 11 is 6.34. The summed E-state index contributed by atoms with van der Waals surface area (Å²) in [5.41, 5.74) is 2.98. The lowest BCUT2D eigenvalue weighted by molar-refractivity contribution is -0.881. The molecule has 0 bridgehead atoms. The Balaban J connectivity index is 1.42. The van der Waals surface area contributed by atoms with Crippen LogP contribution in [0.5, 0.6) is 0 Å². The van der Waals surface area contributed by atoms with E-state index in [0.29, 0.717) is 39.1 Å². The van der Waals surface area contributed by atoms with Gasteiger partial charge < -0.3 is 15.1 Å². The smallest absolute Gasteiger partial charge is 0.316 e. The van der Waals surface area contributed by atoms with E-state index < -0.39 is 0 Å². The molecule has 0 radical (unpaired) electrons. The van der Waals surface area contributed by atoms with Crippen LogP contribution >= 0.6 is 11.6 Å². The summed E-state index contributed by atoms with van der Waals surface area (Å²) in [5.74, 6) is 0.758. The molecule has 0 aliphatic carbocycles. The van der Waals surface area contributed by atoms with Crippen molar-refractivity contribution in [1.29, 1.82) is 0 Å². The lowest BCUT2D eigenvalue weighted by Crippen LogP contribution is -2.64. The number of benzene rings is 2. The summed E-state index contributed by atoms with van der Waals surface area (Å²) in [6.45, 7) is 5.30. The molecule has 2 aromatic carbocycles. The molecule has 7 heteroatoms. The molecule has 0 aromatic heterocycles. The number of amides is 2. The van der Waals surface area contributed by atoms with Gasteiger partial charge in [-0.15, -0.1) is 0 Å². The van der Waals surface area contributed by atoms with E-state index in [0.717, 1.165) is 69.7 Å². The Morgan fingerprint density at radius 2 is 1.80 bits per heavy atom. The second-order valence-electron chi connectivity index (χ2n) is 10.7. The summed E-state index contributed by atoms with van der Waals surface area (Å²) < 4.78 is 0.551. The quantitative estimate of drug-likeness (QED) is 0.632. The van der Waals surface area contributed by atoms with Crippen LogP contribution in [-0.4, -0.2) is 74.1 Å². The highest BCUT2D eigenvalue weighted by atomic mass is 35.5. The largest absolute Gasteiger partial charge is 0.346 e. The van der Waals surface area contributed by atoms with Gasteiger partial charge in [0.25, 0.3) is 5.91 Å². The van der Waals surface area contributed by atoms with E-state index in [1.807, 2.05) is 36.4 Å². The van der Waals surface area contributed by atoms with Crippen LogP contribution in [0.4, 0.5) is 5.69 Å². The average molecular weight is 496 g/mol. The van der Waals surface area contributed by atoms with Crippen LogP contribution in [0.1, 0.15) is 52.0 Å². The van der Waals surface area contributed by atoms with Crippen molar-refractivity contribution in [3.05, 3.63) is 64.2 Å². The second kappa shape index (κ2) is 10.0. The van der Waals surface area contributed by atoms with E-state index in [1.165, 1.54) is 0 Å². The minimum atomic E-state index is -0.0954. The van der Waals surface area contributed by atoms with Crippen molar-refractivity contribution in [2.24, 2.45) is 5.92 Å². The third-order valence-electron chi connectivity index (χ3n) is 8.20. The number of quaternary nitrogens is 1. The Labute approximate surface area is 213 Å². The van der Waals surface area contributed by atoms with E-state index in [1.54, 1.807) is 11.0 Å². The summed E-state index contributed by atoms with van der Waals surface area (Å²) in [6, 6.07) is 13.6. The van der Waals surface area contributed by atoms with Crippen LogP contribution < -0.4 is 10.2 Å². The van der Waals surface area contributed by atoms with Gasteiger partial charge in [-0.3, -0.25) is 9.28 Å². The number of carbonyl (C=O) groups is 2. The molecule has 3 aliphatic rings. The maximum absolute atomic E-state index is 14.3. The highest BCUT2D eigenvalue weighted by molar-refractivity contribution is 6.35. The van der Waals surface area contributed by atoms with Gasteiger partial charge in [0, 0.05) is 51.0 Å². The van der Waals surface area contributed by atoms with E-state index >= 15 is 0 Å². The zero-order valence-electron chi connectivity index (χ0n) is 20.8. The fourth-order valence-corrected chi connectivity index (χ4v) is 6.68. The maximum atomic E-state index is 14.3. The fourth-order valence-electron chi connectivity index (χ4n) is 6.41. The van der Waals surface area contributed by atoms with Crippen molar-refractivity contribution in [2.75, 3.05) is 51.7 Å². The lowest BCUT2D eigenvalue weighted by atomic mass is 9.89. The zero-order valence-corrected chi connectivity index (χ0v) is 21.6. The molecule has 0 unspecified atom stereocenters. The third-order valence-corrected chi connectivity index (χ3v) is 8.52. The summed E-state index contributed by atoms with van der Waals surface area (Å²) in [6.07, 6.45) is 4.21. The van der Waals surface area contributed by atoms with E-state index in [9.17, 15) is 9.59 Å². The molecule has 2 aromatic rings. The summed E-state index contributed by atoms with van der Waals surface area (Å²) in [4.78, 5) is 31.5. The molecule has 3 aliphatic heterocycles. The molecular formula is C28H36ClN4O2+. The van der Waals surface area contributed by atoms with E-state index in [2.05, 4.69) is 24.3 Å². The van der Waals surface area contributed by atoms with Crippen LogP contribution in [-0.2, 0) is 6.54 Å². The molecule has 2 fully saturated rings. The van der Waals surface area contributed by atoms with Gasteiger partial charge in [0.05, 0.1) is 41.8 Å². The highest BCUT2D eigenvalue weighted by Crippen LogP contribution is 2.36. The van der Waals surface area contributed by atoms with Crippen LogP contribution in [0.3, 0.4) is 0 Å². The number of nitrogens with one attached hydrogen (secondary N) is 1. The Morgan fingerprint density at radius 1 is 1.09 bits per heavy atom. The molecule has 3 heterocycles. The van der Waals surface area contributed by atoms with Crippen molar-refractivity contribution >= 4 is 29.1 Å². The molecule has 186 valence electrons. The predicted octanol–water partition coefficient (Wildman–Crippen LogP) is 4.18. The average Bonchev–Trinajstić information content (AvgIpc) is 3.22. The fraction of sp³-hybridized carbons (Fsp3) is 0.500. The molecule has 6 nitrogen and oxygen atoms in total. The number of fused-ring (bicyclic) bond motifs is 1. The van der Waals surface area contributed by atoms with E-state index in [4.69, 9.17) is 11.6 Å². The van der Waals surface area contributed by atoms with Crippen molar-refractivity contribution < 1.29 is 14.1 Å². The van der Waals surface area contributed by atoms with Crippen molar-refractivity contribution in [3.8, 4) is 0 Å². The van der Waals surface area contributed by atoms with Gasteiger partial charge in [-0.25, -0.2) is 4.79 Å². The van der Waals surface area contributed by atoms with Crippen molar-refractivity contribution in [3.63, 3.8) is 0 Å². The first kappa shape index (κ1) is 24.4. The van der Waals surface area contributed by atoms with Gasteiger partial charge in [0.2, 0.25) is 0 Å². The first-order valence-corrected chi connectivity index (χ1v) is 13.2. The Bertz CT molecular complexity index is 1100. The third kappa shape index (κ3) is 4.65. The monoisotopic (exact) mass is 495 g/mol. The number of anilines is 1. The van der Waals surface area contributed by atoms with Gasteiger partial charge in [0.1, 0.15) is 0 Å². The summed E-state index contributed by atoms with van der Waals surface area (Å²) in [7, 11) is 4.26. The number of carbonyl (C=O) groups excluding carboxylic acids is 2. The molecule has 35 heavy (non-hydrogen) atoms. The second-order valence-corrected chi connectivity index (χ2v) is 11.1. The van der Waals surface area contributed by atoms with Crippen LogP contribution in [0, 0.1) is 5.92 Å². The minimum Gasteiger partial charge on any atom is -0.316 e. The number of rotatable bonds is 5. The SMILES string of the molecule is CN(C)CC1CC[N+](C(=O)c2cccc(N3Cc4cccc(Cl)c4C3=O)c2)(C2CCNCC2)CC1. The normalized spacial score (nSPS) is 25.2. The molecule has 2 saturated heterocycles. The molecule has 5 rings (SSSR count). The van der Waals surface area contributed by atoms with Crippen LogP contribution in [0.15, 0.2) is 42.5 Å². The molecule has 0 atom stereocenters. The zero-order chi connectivity index (χ0) is 24.6. The Hall–Kier alpha value is -2.25. The number of hydrogen-bond acceptors (Lipinski definition) is 4. The van der Waals surface area contributed by atoms with Gasteiger partial charge in [-0.1, -0.05) is 29.8 Å². The highest BCUT2D eigenvalue weighted by Gasteiger charge is 2.47. The topological polar surface area (TPSA) is 52.7 Å². The molecular weight excluding hydrogens is 460 g/mol. The van der Waals surface area contributed by atoms with E-state index in [-0.39, 0.29) is 11.8 Å². The van der Waals surface area contributed by atoms with Crippen molar-refractivity contribution in [1.82, 2.24) is 10.2 Å². The minimum absolute atomic E-state index is 0.0954. The predicted molar refractivity (Wildman–Crippen MR) is 140 cm³/mol. The van der Waals surface area contributed by atoms with Gasteiger partial charge in [0.15, 0.2) is 0 Å². The maximum Gasteiger partial charge on any atom is 0.346 e. The Morgan fingerprint density at radius 3 is 2.49 bits per heavy atom. The molecule has 0 spiro atoms.